The van der Waals surface area contributed by atoms with Crippen molar-refractivity contribution in [3.8, 4) is 0 Å². The lowest BCUT2D eigenvalue weighted by atomic mass is 9.84. The molecule has 0 aliphatic carbocycles. The molecule has 0 radical (unpaired) electrons. The van der Waals surface area contributed by atoms with Crippen molar-refractivity contribution in [3.63, 3.8) is 0 Å². The topological polar surface area (TPSA) is 58.4 Å². The van der Waals surface area contributed by atoms with Crippen LogP contribution >= 0.6 is 24.2 Å². The molecule has 0 saturated heterocycles. The molecule has 116 valence electrons. The third-order valence-electron chi connectivity index (χ3n) is 3.22. The quantitative estimate of drug-likeness (QED) is 0.714. The first-order chi connectivity index (χ1) is 8.20. The van der Waals surface area contributed by atoms with Gasteiger partial charge in [0.15, 0.2) is 0 Å². The molecule has 0 aliphatic rings. The van der Waals surface area contributed by atoms with Crippen LogP contribution in [0.15, 0.2) is 0 Å². The second-order valence-corrected chi connectivity index (χ2v) is 6.83. The zero-order chi connectivity index (χ0) is 14.3. The van der Waals surface area contributed by atoms with Crippen molar-refractivity contribution in [3.05, 3.63) is 0 Å². The maximum absolute atomic E-state index is 11.9. The first kappa shape index (κ1) is 21.3. The second kappa shape index (κ2) is 9.86. The average Bonchev–Trinajstić information content (AvgIpc) is 2.23. The molecule has 2 atom stereocenters. The SMILES string of the molecule is CSCC[C@H](N)C(=O)NC(C)C(C)(C)CN(C)C.Cl. The molecule has 19 heavy (non-hydrogen) atoms. The van der Waals surface area contributed by atoms with E-state index in [0.717, 1.165) is 18.7 Å². The minimum atomic E-state index is -0.393. The van der Waals surface area contributed by atoms with E-state index in [9.17, 15) is 4.79 Å². The smallest absolute Gasteiger partial charge is 0.237 e. The summed E-state index contributed by atoms with van der Waals surface area (Å²) < 4.78 is 0. The van der Waals surface area contributed by atoms with Gasteiger partial charge in [0.05, 0.1) is 6.04 Å². The highest BCUT2D eigenvalue weighted by atomic mass is 35.5. The number of carbonyl (C=O) groups is 1. The van der Waals surface area contributed by atoms with Crippen molar-refractivity contribution >= 4 is 30.1 Å². The van der Waals surface area contributed by atoms with E-state index in [4.69, 9.17) is 5.73 Å². The normalized spacial score (nSPS) is 14.7. The molecule has 0 aromatic rings. The van der Waals surface area contributed by atoms with Gasteiger partial charge >= 0.3 is 0 Å². The fraction of sp³-hybridized carbons (Fsp3) is 0.923. The molecule has 6 heteroatoms. The van der Waals surface area contributed by atoms with Crippen LogP contribution < -0.4 is 11.1 Å². The Hall–Kier alpha value is 0.0300. The van der Waals surface area contributed by atoms with Crippen molar-refractivity contribution in [1.82, 2.24) is 10.2 Å². The molecule has 0 bridgehead atoms. The van der Waals surface area contributed by atoms with E-state index < -0.39 is 6.04 Å². The minimum absolute atomic E-state index is 0. The number of nitrogens with two attached hydrogens (primary N) is 1. The Morgan fingerprint density at radius 2 is 1.95 bits per heavy atom. The average molecular weight is 312 g/mol. The van der Waals surface area contributed by atoms with Crippen LogP contribution in [0.3, 0.4) is 0 Å². The van der Waals surface area contributed by atoms with E-state index in [1.54, 1.807) is 11.8 Å². The number of hydrogen-bond donors (Lipinski definition) is 2. The summed E-state index contributed by atoms with van der Waals surface area (Å²) in [6.07, 6.45) is 2.75. The fourth-order valence-electron chi connectivity index (χ4n) is 1.84. The van der Waals surface area contributed by atoms with Crippen molar-refractivity contribution in [2.45, 2.75) is 39.3 Å². The lowest BCUT2D eigenvalue weighted by Gasteiger charge is -2.35. The monoisotopic (exact) mass is 311 g/mol. The number of nitrogens with one attached hydrogen (secondary N) is 1. The van der Waals surface area contributed by atoms with Crippen LogP contribution in [-0.2, 0) is 4.79 Å². The van der Waals surface area contributed by atoms with Gasteiger partial charge in [-0.1, -0.05) is 13.8 Å². The fourth-order valence-corrected chi connectivity index (χ4v) is 2.33. The first-order valence-corrected chi connectivity index (χ1v) is 7.79. The van der Waals surface area contributed by atoms with Crippen LogP contribution in [0.4, 0.5) is 0 Å². The molecule has 0 fully saturated rings. The van der Waals surface area contributed by atoms with E-state index in [1.165, 1.54) is 0 Å². The highest BCUT2D eigenvalue weighted by Crippen LogP contribution is 2.21. The van der Waals surface area contributed by atoms with Gasteiger partial charge in [0, 0.05) is 12.6 Å². The summed E-state index contributed by atoms with van der Waals surface area (Å²) in [5.74, 6) is 0.882. The molecular formula is C13H30ClN3OS. The highest BCUT2D eigenvalue weighted by Gasteiger charge is 2.28. The number of hydrogen-bond acceptors (Lipinski definition) is 4. The standard InChI is InChI=1S/C13H29N3OS.ClH/c1-10(13(2,3)9-16(4)5)15-12(17)11(14)7-8-18-6;/h10-11H,7-9,14H2,1-6H3,(H,15,17);1H/t10?,11-;/m0./s1. The Morgan fingerprint density at radius 1 is 1.42 bits per heavy atom. The molecule has 0 spiro atoms. The molecule has 1 unspecified atom stereocenters. The Morgan fingerprint density at radius 3 is 2.37 bits per heavy atom. The van der Waals surface area contributed by atoms with Gasteiger partial charge in [0.2, 0.25) is 5.91 Å². The number of thioether (sulfide) groups is 1. The summed E-state index contributed by atoms with van der Waals surface area (Å²) in [5.41, 5.74) is 5.89. The van der Waals surface area contributed by atoms with E-state index in [-0.39, 0.29) is 29.8 Å². The van der Waals surface area contributed by atoms with Crippen molar-refractivity contribution in [2.75, 3.05) is 32.6 Å². The Balaban J connectivity index is 0. The molecule has 0 aromatic carbocycles. The van der Waals surface area contributed by atoms with E-state index in [1.807, 2.05) is 27.3 Å². The highest BCUT2D eigenvalue weighted by molar-refractivity contribution is 7.98. The molecule has 1 amide bonds. The van der Waals surface area contributed by atoms with Crippen molar-refractivity contribution in [2.24, 2.45) is 11.1 Å². The Bertz CT molecular complexity index is 262. The van der Waals surface area contributed by atoms with Gasteiger partial charge in [-0.05, 0) is 44.9 Å². The third kappa shape index (κ3) is 8.74. The molecule has 4 nitrogen and oxygen atoms in total. The third-order valence-corrected chi connectivity index (χ3v) is 3.87. The predicted molar refractivity (Wildman–Crippen MR) is 88.2 cm³/mol. The minimum Gasteiger partial charge on any atom is -0.352 e. The number of carbonyl (C=O) groups excluding carboxylic acids is 1. The van der Waals surface area contributed by atoms with Gasteiger partial charge in [-0.15, -0.1) is 12.4 Å². The number of amides is 1. The maximum atomic E-state index is 11.9. The van der Waals surface area contributed by atoms with Gasteiger partial charge in [-0.25, -0.2) is 0 Å². The van der Waals surface area contributed by atoms with Crippen LogP contribution in [0.1, 0.15) is 27.2 Å². The Labute approximate surface area is 128 Å². The molecule has 0 heterocycles. The summed E-state index contributed by atoms with van der Waals surface area (Å²) in [7, 11) is 4.08. The molecule has 0 aliphatic heterocycles. The maximum Gasteiger partial charge on any atom is 0.237 e. The summed E-state index contributed by atoms with van der Waals surface area (Å²) >= 11 is 1.71. The van der Waals surface area contributed by atoms with Gasteiger partial charge in [0.1, 0.15) is 0 Å². The van der Waals surface area contributed by atoms with Crippen LogP contribution in [-0.4, -0.2) is 55.5 Å². The number of halogens is 1. The largest absolute Gasteiger partial charge is 0.352 e. The summed E-state index contributed by atoms with van der Waals surface area (Å²) in [5, 5.41) is 3.03. The van der Waals surface area contributed by atoms with Gasteiger partial charge in [-0.3, -0.25) is 4.79 Å². The lowest BCUT2D eigenvalue weighted by molar-refractivity contribution is -0.123. The van der Waals surface area contributed by atoms with Crippen LogP contribution in [0.2, 0.25) is 0 Å². The van der Waals surface area contributed by atoms with Gasteiger partial charge in [-0.2, -0.15) is 11.8 Å². The Kier molecular flexibility index (Phi) is 11.1. The van der Waals surface area contributed by atoms with E-state index >= 15 is 0 Å². The van der Waals surface area contributed by atoms with E-state index in [2.05, 4.69) is 24.1 Å². The number of rotatable bonds is 8. The van der Waals surface area contributed by atoms with Crippen molar-refractivity contribution in [1.29, 1.82) is 0 Å². The van der Waals surface area contributed by atoms with Crippen LogP contribution in [0, 0.1) is 5.41 Å². The van der Waals surface area contributed by atoms with E-state index in [0.29, 0.717) is 0 Å². The molecule has 0 aromatic heterocycles. The first-order valence-electron chi connectivity index (χ1n) is 6.40. The summed E-state index contributed by atoms with van der Waals surface area (Å²) in [4.78, 5) is 14.1. The predicted octanol–water partition coefficient (Wildman–Crippen LogP) is 1.58. The lowest BCUT2D eigenvalue weighted by Crippen LogP contribution is -2.51. The summed E-state index contributed by atoms with van der Waals surface area (Å²) in [6.45, 7) is 7.29. The van der Waals surface area contributed by atoms with Crippen LogP contribution in [0.25, 0.3) is 0 Å². The second-order valence-electron chi connectivity index (χ2n) is 5.84. The summed E-state index contributed by atoms with van der Waals surface area (Å²) in [6, 6.07) is -0.289. The van der Waals surface area contributed by atoms with Gasteiger partial charge < -0.3 is 16.0 Å². The molecular weight excluding hydrogens is 282 g/mol. The van der Waals surface area contributed by atoms with Gasteiger partial charge in [0.25, 0.3) is 0 Å². The molecule has 0 saturated carbocycles. The van der Waals surface area contributed by atoms with Crippen molar-refractivity contribution < 1.29 is 4.79 Å². The molecule has 3 N–H and O–H groups in total. The zero-order valence-electron chi connectivity index (χ0n) is 13.0. The number of nitrogens with zero attached hydrogens (tertiary/aromatic N) is 1. The van der Waals surface area contributed by atoms with Crippen LogP contribution in [0.5, 0.6) is 0 Å². The molecule has 0 rings (SSSR count). The zero-order valence-corrected chi connectivity index (χ0v) is 14.7.